The van der Waals surface area contributed by atoms with E-state index in [2.05, 4.69) is 14.9 Å². The highest BCUT2D eigenvalue weighted by atomic mass is 32.1. The quantitative estimate of drug-likeness (QED) is 0.703. The monoisotopic (exact) mass is 365 g/mol. The SMILES string of the molecule is O=C(/C=C/c1ccc2c(c1)OCO2)NCc1ccc(-c2csnn2)cc1. The van der Waals surface area contributed by atoms with Gasteiger partial charge >= 0.3 is 0 Å². The fourth-order valence-corrected chi connectivity index (χ4v) is 2.99. The topological polar surface area (TPSA) is 73.3 Å². The van der Waals surface area contributed by atoms with E-state index in [0.29, 0.717) is 12.3 Å². The Morgan fingerprint density at radius 2 is 2.00 bits per heavy atom. The number of hydrogen-bond donors (Lipinski definition) is 1. The third-order valence-corrected chi connectivity index (χ3v) is 4.40. The van der Waals surface area contributed by atoms with Crippen molar-refractivity contribution in [3.8, 4) is 22.8 Å². The van der Waals surface area contributed by atoms with E-state index in [1.54, 1.807) is 6.08 Å². The number of rotatable bonds is 5. The van der Waals surface area contributed by atoms with Gasteiger partial charge in [0.25, 0.3) is 0 Å². The zero-order valence-electron chi connectivity index (χ0n) is 13.7. The van der Waals surface area contributed by atoms with Gasteiger partial charge in [0.05, 0.1) is 0 Å². The molecule has 1 amide bonds. The number of aromatic nitrogens is 2. The third kappa shape index (κ3) is 3.73. The maximum atomic E-state index is 12.0. The van der Waals surface area contributed by atoms with E-state index in [9.17, 15) is 4.79 Å². The predicted molar refractivity (Wildman–Crippen MR) is 98.8 cm³/mol. The van der Waals surface area contributed by atoms with E-state index in [-0.39, 0.29) is 12.7 Å². The number of hydrogen-bond acceptors (Lipinski definition) is 6. The van der Waals surface area contributed by atoms with Crippen LogP contribution in [0, 0.1) is 0 Å². The zero-order valence-corrected chi connectivity index (χ0v) is 14.5. The number of amides is 1. The van der Waals surface area contributed by atoms with Gasteiger partial charge < -0.3 is 14.8 Å². The van der Waals surface area contributed by atoms with Crippen LogP contribution in [-0.4, -0.2) is 22.3 Å². The molecule has 7 heteroatoms. The van der Waals surface area contributed by atoms with E-state index in [4.69, 9.17) is 9.47 Å². The van der Waals surface area contributed by atoms with Crippen molar-refractivity contribution in [2.45, 2.75) is 6.54 Å². The molecule has 0 unspecified atom stereocenters. The summed E-state index contributed by atoms with van der Waals surface area (Å²) >= 11 is 1.32. The van der Waals surface area contributed by atoms with Crippen molar-refractivity contribution in [2.24, 2.45) is 0 Å². The molecule has 0 atom stereocenters. The van der Waals surface area contributed by atoms with E-state index < -0.39 is 0 Å². The standard InChI is InChI=1S/C19H15N3O3S/c23-19(8-4-13-3-7-17-18(9-13)25-12-24-17)20-10-14-1-5-15(6-2-14)16-11-26-22-21-16/h1-9,11H,10,12H2,(H,20,23)/b8-4+. The molecule has 1 aliphatic heterocycles. The summed E-state index contributed by atoms with van der Waals surface area (Å²) in [6.45, 7) is 0.695. The highest BCUT2D eigenvalue weighted by Gasteiger charge is 2.12. The first-order chi connectivity index (χ1) is 12.8. The summed E-state index contributed by atoms with van der Waals surface area (Å²) in [7, 11) is 0. The number of fused-ring (bicyclic) bond motifs is 1. The van der Waals surface area contributed by atoms with Crippen LogP contribution < -0.4 is 14.8 Å². The lowest BCUT2D eigenvalue weighted by atomic mass is 10.1. The Balaban J connectivity index is 1.32. The second-order valence-electron chi connectivity index (χ2n) is 5.65. The number of nitrogens with zero attached hydrogens (tertiary/aromatic N) is 2. The van der Waals surface area contributed by atoms with Crippen LogP contribution in [0.3, 0.4) is 0 Å². The van der Waals surface area contributed by atoms with Crippen LogP contribution in [0.2, 0.25) is 0 Å². The summed E-state index contributed by atoms with van der Waals surface area (Å²) in [4.78, 5) is 12.0. The molecule has 1 N–H and O–H groups in total. The molecule has 6 nitrogen and oxygen atoms in total. The minimum atomic E-state index is -0.157. The molecule has 1 aromatic heterocycles. The molecule has 4 rings (SSSR count). The molecule has 0 saturated heterocycles. The first kappa shape index (κ1) is 16.3. The number of nitrogens with one attached hydrogen (secondary N) is 1. The number of ether oxygens (including phenoxy) is 2. The summed E-state index contributed by atoms with van der Waals surface area (Å²) in [6, 6.07) is 13.4. The summed E-state index contributed by atoms with van der Waals surface area (Å²) in [5, 5.41) is 8.81. The van der Waals surface area contributed by atoms with Gasteiger partial charge in [-0.3, -0.25) is 4.79 Å². The second kappa shape index (κ2) is 7.37. The molecule has 0 saturated carbocycles. The maximum Gasteiger partial charge on any atom is 0.244 e. The normalized spacial score (nSPS) is 12.5. The van der Waals surface area contributed by atoms with E-state index in [1.807, 2.05) is 47.8 Å². The average molecular weight is 365 g/mol. The molecule has 1 aliphatic rings. The fourth-order valence-electron chi connectivity index (χ4n) is 2.52. The van der Waals surface area contributed by atoms with Gasteiger partial charge in [-0.2, -0.15) is 0 Å². The predicted octanol–water partition coefficient (Wildman–Crippen LogP) is 3.26. The summed E-state index contributed by atoms with van der Waals surface area (Å²) in [5.74, 6) is 1.27. The van der Waals surface area contributed by atoms with E-state index >= 15 is 0 Å². The molecule has 26 heavy (non-hydrogen) atoms. The van der Waals surface area contributed by atoms with Gasteiger partial charge in [-0.15, -0.1) is 5.10 Å². The van der Waals surface area contributed by atoms with Gasteiger partial charge in [-0.05, 0) is 40.9 Å². The number of benzene rings is 2. The summed E-state index contributed by atoms with van der Waals surface area (Å²) < 4.78 is 14.4. The Hall–Kier alpha value is -3.19. The largest absolute Gasteiger partial charge is 0.454 e. The van der Waals surface area contributed by atoms with Crippen molar-refractivity contribution in [1.82, 2.24) is 14.9 Å². The zero-order chi connectivity index (χ0) is 17.8. The first-order valence-corrected chi connectivity index (χ1v) is 8.83. The smallest absolute Gasteiger partial charge is 0.244 e. The van der Waals surface area contributed by atoms with Crippen molar-refractivity contribution in [1.29, 1.82) is 0 Å². The van der Waals surface area contributed by atoms with Crippen molar-refractivity contribution >= 4 is 23.5 Å². The van der Waals surface area contributed by atoms with Crippen LogP contribution in [0.1, 0.15) is 11.1 Å². The number of carbonyl (C=O) groups excluding carboxylic acids is 1. The lowest BCUT2D eigenvalue weighted by Gasteiger charge is -2.04. The first-order valence-electron chi connectivity index (χ1n) is 8.00. The van der Waals surface area contributed by atoms with Crippen LogP contribution in [0.15, 0.2) is 53.9 Å². The van der Waals surface area contributed by atoms with E-state index in [1.165, 1.54) is 17.6 Å². The molecular formula is C19H15N3O3S. The molecular weight excluding hydrogens is 350 g/mol. The molecule has 2 heterocycles. The molecule has 130 valence electrons. The molecule has 0 radical (unpaired) electrons. The van der Waals surface area contributed by atoms with Crippen molar-refractivity contribution in [3.63, 3.8) is 0 Å². The van der Waals surface area contributed by atoms with Gasteiger partial charge in [-0.25, -0.2) is 0 Å². The van der Waals surface area contributed by atoms with Gasteiger partial charge in [0.2, 0.25) is 12.7 Å². The van der Waals surface area contributed by atoms with Crippen LogP contribution >= 0.6 is 11.5 Å². The molecule has 2 aromatic carbocycles. The summed E-state index contributed by atoms with van der Waals surface area (Å²) in [6.07, 6.45) is 3.25. The fraction of sp³-hybridized carbons (Fsp3) is 0.105. The second-order valence-corrected chi connectivity index (χ2v) is 6.26. The van der Waals surface area contributed by atoms with Crippen molar-refractivity contribution in [3.05, 3.63) is 65.0 Å². The van der Waals surface area contributed by atoms with E-state index in [0.717, 1.165) is 28.1 Å². The van der Waals surface area contributed by atoms with Gasteiger partial charge in [0.15, 0.2) is 11.5 Å². The molecule has 0 fully saturated rings. The Morgan fingerprint density at radius 1 is 1.15 bits per heavy atom. The molecule has 0 bridgehead atoms. The Morgan fingerprint density at radius 3 is 2.81 bits per heavy atom. The van der Waals surface area contributed by atoms with Gasteiger partial charge in [0.1, 0.15) is 5.69 Å². The molecule has 0 spiro atoms. The third-order valence-electron chi connectivity index (χ3n) is 3.90. The van der Waals surface area contributed by atoms with Crippen LogP contribution in [0.5, 0.6) is 11.5 Å². The minimum Gasteiger partial charge on any atom is -0.454 e. The lowest BCUT2D eigenvalue weighted by Crippen LogP contribution is -2.20. The van der Waals surface area contributed by atoms with Crippen molar-refractivity contribution in [2.75, 3.05) is 6.79 Å². The molecule has 0 aliphatic carbocycles. The lowest BCUT2D eigenvalue weighted by molar-refractivity contribution is -0.116. The van der Waals surface area contributed by atoms with Crippen molar-refractivity contribution < 1.29 is 14.3 Å². The number of carbonyl (C=O) groups is 1. The van der Waals surface area contributed by atoms with Crippen LogP contribution in [-0.2, 0) is 11.3 Å². The van der Waals surface area contributed by atoms with Gasteiger partial charge in [-0.1, -0.05) is 34.8 Å². The highest BCUT2D eigenvalue weighted by Crippen LogP contribution is 2.32. The highest BCUT2D eigenvalue weighted by molar-refractivity contribution is 7.03. The Kier molecular flexibility index (Phi) is 4.61. The maximum absolute atomic E-state index is 12.0. The minimum absolute atomic E-state index is 0.157. The summed E-state index contributed by atoms with van der Waals surface area (Å²) in [5.41, 5.74) is 3.76. The van der Waals surface area contributed by atoms with Crippen LogP contribution in [0.4, 0.5) is 0 Å². The Labute approximate surface area is 154 Å². The van der Waals surface area contributed by atoms with Gasteiger partial charge in [0, 0.05) is 23.6 Å². The van der Waals surface area contributed by atoms with Crippen LogP contribution in [0.25, 0.3) is 17.3 Å². The average Bonchev–Trinajstić information content (AvgIpc) is 3.36. The Bertz CT molecular complexity index is 937. The molecule has 3 aromatic rings.